The summed E-state index contributed by atoms with van der Waals surface area (Å²) in [4.78, 5) is 25.1. The molecule has 0 fully saturated rings. The number of rotatable bonds is 4. The fourth-order valence-electron chi connectivity index (χ4n) is 3.31. The molecule has 1 aromatic heterocycles. The first-order chi connectivity index (χ1) is 16.1. The number of benzene rings is 3. The van der Waals surface area contributed by atoms with Gasteiger partial charge in [-0.1, -0.05) is 53.6 Å². The Morgan fingerprint density at radius 3 is 2.32 bits per heavy atom. The van der Waals surface area contributed by atoms with Crippen LogP contribution in [0, 0.1) is 6.92 Å². The molecule has 0 amide bonds. The molecule has 0 aliphatic heterocycles. The van der Waals surface area contributed by atoms with Crippen LogP contribution in [0.5, 0.6) is 5.75 Å². The van der Waals surface area contributed by atoms with Crippen LogP contribution in [0.1, 0.15) is 16.9 Å². The summed E-state index contributed by atoms with van der Waals surface area (Å²) in [6.45, 7) is 1.93. The maximum absolute atomic E-state index is 13.8. The minimum atomic E-state index is -4.94. The number of fused-ring (bicyclic) bond motifs is 1. The van der Waals surface area contributed by atoms with Gasteiger partial charge < -0.3 is 9.15 Å². The van der Waals surface area contributed by atoms with Gasteiger partial charge in [-0.3, -0.25) is 4.79 Å². The second-order valence-corrected chi connectivity index (χ2v) is 7.90. The van der Waals surface area contributed by atoms with Crippen LogP contribution >= 0.6 is 11.6 Å². The molecule has 172 valence electrons. The van der Waals surface area contributed by atoms with Crippen LogP contribution in [0.15, 0.2) is 82.0 Å². The van der Waals surface area contributed by atoms with E-state index in [2.05, 4.69) is 0 Å². The Morgan fingerprint density at radius 1 is 1.00 bits per heavy atom. The van der Waals surface area contributed by atoms with Gasteiger partial charge in [0, 0.05) is 17.2 Å². The molecule has 1 heterocycles. The van der Waals surface area contributed by atoms with Crippen molar-refractivity contribution in [3.8, 4) is 16.9 Å². The molecule has 0 saturated heterocycles. The molecule has 8 heteroatoms. The van der Waals surface area contributed by atoms with E-state index in [-0.39, 0.29) is 22.3 Å². The number of alkyl halides is 3. The van der Waals surface area contributed by atoms with E-state index in [9.17, 15) is 22.8 Å². The van der Waals surface area contributed by atoms with E-state index in [0.29, 0.717) is 5.02 Å². The van der Waals surface area contributed by atoms with Gasteiger partial charge >= 0.3 is 12.1 Å². The minimum absolute atomic E-state index is 0.0177. The highest BCUT2D eigenvalue weighted by atomic mass is 35.5. The lowest BCUT2D eigenvalue weighted by atomic mass is 10.0. The monoisotopic (exact) mass is 484 g/mol. The van der Waals surface area contributed by atoms with E-state index in [1.165, 1.54) is 42.5 Å². The van der Waals surface area contributed by atoms with Gasteiger partial charge in [-0.25, -0.2) is 4.79 Å². The van der Waals surface area contributed by atoms with Crippen molar-refractivity contribution in [2.24, 2.45) is 0 Å². The van der Waals surface area contributed by atoms with Crippen molar-refractivity contribution in [2.45, 2.75) is 13.1 Å². The molecule has 0 atom stereocenters. The molecule has 0 unspecified atom stereocenters. The zero-order chi connectivity index (χ0) is 24.5. The second kappa shape index (κ2) is 9.19. The van der Waals surface area contributed by atoms with Crippen molar-refractivity contribution >= 4 is 34.6 Å². The third-order valence-corrected chi connectivity index (χ3v) is 5.21. The number of esters is 1. The van der Waals surface area contributed by atoms with Gasteiger partial charge in [-0.05, 0) is 48.4 Å². The Bertz CT molecular complexity index is 1450. The third kappa shape index (κ3) is 5.05. The predicted molar refractivity (Wildman–Crippen MR) is 124 cm³/mol. The summed E-state index contributed by atoms with van der Waals surface area (Å²) in [5, 5.41) is 0.221. The predicted octanol–water partition coefficient (Wildman–Crippen LogP) is 7.06. The van der Waals surface area contributed by atoms with Gasteiger partial charge in [-0.15, -0.1) is 0 Å². The van der Waals surface area contributed by atoms with Gasteiger partial charge in [0.15, 0.2) is 0 Å². The highest BCUT2D eigenvalue weighted by Crippen LogP contribution is 2.38. The van der Waals surface area contributed by atoms with Crippen molar-refractivity contribution in [2.75, 3.05) is 0 Å². The molecular weight excluding hydrogens is 469 g/mol. The number of aryl methyl sites for hydroxylation is 1. The Hall–Kier alpha value is -3.84. The van der Waals surface area contributed by atoms with E-state index in [1.54, 1.807) is 6.08 Å². The van der Waals surface area contributed by atoms with E-state index in [4.69, 9.17) is 20.8 Å². The number of ether oxygens (including phenoxy) is 1. The standard InChI is InChI=1S/C26H16ClF3O4/c1-15-2-4-16(5-3-15)6-13-22(31)33-19-11-12-20-21(14-19)34-25(26(28,29)30)23(24(20)32)17-7-9-18(27)10-8-17/h2-14H,1H3/b13-6+. The number of carbonyl (C=O) groups excluding carboxylic acids is 1. The lowest BCUT2D eigenvalue weighted by molar-refractivity contribution is -0.152. The van der Waals surface area contributed by atoms with Crippen molar-refractivity contribution in [1.82, 2.24) is 0 Å². The Labute approximate surface area is 196 Å². The molecule has 3 aromatic carbocycles. The fraction of sp³-hybridized carbons (Fsp3) is 0.0769. The van der Waals surface area contributed by atoms with Crippen LogP contribution in [-0.4, -0.2) is 5.97 Å². The zero-order valence-electron chi connectivity index (χ0n) is 17.7. The average Bonchev–Trinajstić information content (AvgIpc) is 2.79. The molecule has 0 spiro atoms. The molecule has 4 nitrogen and oxygen atoms in total. The maximum Gasteiger partial charge on any atom is 0.450 e. The normalized spacial score (nSPS) is 11.8. The number of halogens is 4. The van der Waals surface area contributed by atoms with Crippen molar-refractivity contribution in [1.29, 1.82) is 0 Å². The van der Waals surface area contributed by atoms with E-state index in [1.807, 2.05) is 31.2 Å². The highest BCUT2D eigenvalue weighted by molar-refractivity contribution is 6.30. The summed E-state index contributed by atoms with van der Waals surface area (Å²) in [6, 6.07) is 16.4. The molecule has 34 heavy (non-hydrogen) atoms. The molecule has 0 bridgehead atoms. The lowest BCUT2D eigenvalue weighted by Crippen LogP contribution is -2.16. The SMILES string of the molecule is Cc1ccc(/C=C/C(=O)Oc2ccc3c(=O)c(-c4ccc(Cl)cc4)c(C(F)(F)F)oc3c2)cc1. The zero-order valence-corrected chi connectivity index (χ0v) is 18.4. The topological polar surface area (TPSA) is 56.5 Å². The van der Waals surface area contributed by atoms with Crippen LogP contribution in [-0.2, 0) is 11.0 Å². The van der Waals surface area contributed by atoms with E-state index < -0.39 is 28.9 Å². The summed E-state index contributed by atoms with van der Waals surface area (Å²) < 4.78 is 51.6. The van der Waals surface area contributed by atoms with Gasteiger partial charge in [0.25, 0.3) is 0 Å². The van der Waals surface area contributed by atoms with Crippen molar-refractivity contribution in [3.05, 3.63) is 105 Å². The van der Waals surface area contributed by atoms with Crippen LogP contribution in [0.2, 0.25) is 5.02 Å². The molecule has 0 saturated carbocycles. The third-order valence-electron chi connectivity index (χ3n) is 4.96. The first kappa shape index (κ1) is 23.3. The minimum Gasteiger partial charge on any atom is -0.450 e. The molecule has 4 aromatic rings. The summed E-state index contributed by atoms with van der Waals surface area (Å²) in [5.41, 5.74) is 0.00823. The lowest BCUT2D eigenvalue weighted by Gasteiger charge is -2.13. The summed E-state index contributed by atoms with van der Waals surface area (Å²) in [5.74, 6) is -2.26. The van der Waals surface area contributed by atoms with E-state index in [0.717, 1.165) is 17.2 Å². The summed E-state index contributed by atoms with van der Waals surface area (Å²) in [7, 11) is 0. The Kier molecular flexibility index (Phi) is 6.30. The average molecular weight is 485 g/mol. The van der Waals surface area contributed by atoms with Crippen LogP contribution in [0.4, 0.5) is 13.2 Å². The number of hydrogen-bond acceptors (Lipinski definition) is 4. The van der Waals surface area contributed by atoms with Crippen LogP contribution < -0.4 is 10.2 Å². The van der Waals surface area contributed by atoms with Crippen LogP contribution in [0.3, 0.4) is 0 Å². The quantitative estimate of drug-likeness (QED) is 0.177. The summed E-state index contributed by atoms with van der Waals surface area (Å²) >= 11 is 5.82. The molecular formula is C26H16ClF3O4. The maximum atomic E-state index is 13.8. The largest absolute Gasteiger partial charge is 0.450 e. The van der Waals surface area contributed by atoms with Crippen molar-refractivity contribution in [3.63, 3.8) is 0 Å². The number of hydrogen-bond donors (Lipinski definition) is 0. The van der Waals surface area contributed by atoms with Gasteiger partial charge in [-0.2, -0.15) is 13.2 Å². The van der Waals surface area contributed by atoms with Crippen molar-refractivity contribution < 1.29 is 27.1 Å². The van der Waals surface area contributed by atoms with Crippen LogP contribution in [0.25, 0.3) is 28.2 Å². The van der Waals surface area contributed by atoms with Gasteiger partial charge in [0.05, 0.1) is 10.9 Å². The van der Waals surface area contributed by atoms with E-state index >= 15 is 0 Å². The molecule has 0 radical (unpaired) electrons. The number of carbonyl (C=O) groups is 1. The Morgan fingerprint density at radius 2 is 1.68 bits per heavy atom. The Balaban J connectivity index is 1.70. The fourth-order valence-corrected chi connectivity index (χ4v) is 3.43. The first-order valence-corrected chi connectivity index (χ1v) is 10.4. The molecule has 0 N–H and O–H groups in total. The smallest absolute Gasteiger partial charge is 0.450 e. The first-order valence-electron chi connectivity index (χ1n) is 10.0. The molecule has 0 aliphatic rings. The highest BCUT2D eigenvalue weighted by Gasteiger charge is 2.39. The summed E-state index contributed by atoms with van der Waals surface area (Å²) in [6.07, 6.45) is -2.20. The van der Waals surface area contributed by atoms with Gasteiger partial charge in [0.1, 0.15) is 11.3 Å². The molecule has 0 aliphatic carbocycles. The molecule has 4 rings (SSSR count). The second-order valence-electron chi connectivity index (χ2n) is 7.46. The van der Waals surface area contributed by atoms with Gasteiger partial charge in [0.2, 0.25) is 11.2 Å².